The van der Waals surface area contributed by atoms with Gasteiger partial charge in [-0.15, -0.1) is 0 Å². The maximum absolute atomic E-state index is 11.7. The zero-order chi connectivity index (χ0) is 25.4. The quantitative estimate of drug-likeness (QED) is 0.0949. The number of hydrogen-bond acceptors (Lipinski definition) is 5. The zero-order valence-corrected chi connectivity index (χ0v) is 21.8. The van der Waals surface area contributed by atoms with Crippen LogP contribution in [0.1, 0.15) is 102 Å². The van der Waals surface area contributed by atoms with E-state index >= 15 is 0 Å². The average Bonchev–Trinajstić information content (AvgIpc) is 2.88. The van der Waals surface area contributed by atoms with Gasteiger partial charge in [0.1, 0.15) is 19.0 Å². The lowest BCUT2D eigenvalue weighted by Crippen LogP contribution is -2.11. The minimum Gasteiger partial charge on any atom is -0.494 e. The molecule has 1 aromatic rings. The molecule has 196 valence electrons. The standard InChI is InChI=1S/C30H46O5/c1-3-5-6-7-8-9-10-11-12-13-14-15-16-17-24-33-28-21-18-27(19-22-28)20-23-30(32)35-26-25-34-29(31)4-2/h4,18-23H,2-3,5-17,24-26H2,1H3/b23-20+. The smallest absolute Gasteiger partial charge is 0.330 e. The summed E-state index contributed by atoms with van der Waals surface area (Å²) in [5.74, 6) is -0.190. The molecule has 1 aromatic carbocycles. The Kier molecular flexibility index (Phi) is 19.1. The van der Waals surface area contributed by atoms with E-state index < -0.39 is 11.9 Å². The Bertz CT molecular complexity index is 708. The van der Waals surface area contributed by atoms with Crippen LogP contribution in [0.25, 0.3) is 6.08 Å². The summed E-state index contributed by atoms with van der Waals surface area (Å²) >= 11 is 0. The summed E-state index contributed by atoms with van der Waals surface area (Å²) < 4.78 is 15.5. The monoisotopic (exact) mass is 486 g/mol. The maximum Gasteiger partial charge on any atom is 0.330 e. The maximum atomic E-state index is 11.7. The summed E-state index contributed by atoms with van der Waals surface area (Å²) in [6.45, 7) is 6.31. The molecule has 0 heterocycles. The molecule has 0 aromatic heterocycles. The minimum absolute atomic E-state index is 0.00872. The van der Waals surface area contributed by atoms with Crippen molar-refractivity contribution in [3.63, 3.8) is 0 Å². The summed E-state index contributed by atoms with van der Waals surface area (Å²) in [5, 5.41) is 0. The van der Waals surface area contributed by atoms with Crippen molar-refractivity contribution in [2.75, 3.05) is 19.8 Å². The summed E-state index contributed by atoms with van der Waals surface area (Å²) in [7, 11) is 0. The predicted octanol–water partition coefficient (Wildman–Crippen LogP) is 7.83. The van der Waals surface area contributed by atoms with Gasteiger partial charge in [-0.25, -0.2) is 9.59 Å². The van der Waals surface area contributed by atoms with Crippen molar-refractivity contribution in [3.05, 3.63) is 48.6 Å². The van der Waals surface area contributed by atoms with Crippen molar-refractivity contribution in [2.24, 2.45) is 0 Å². The van der Waals surface area contributed by atoms with Gasteiger partial charge in [-0.3, -0.25) is 0 Å². The van der Waals surface area contributed by atoms with Crippen molar-refractivity contribution >= 4 is 18.0 Å². The molecule has 5 nitrogen and oxygen atoms in total. The Morgan fingerprint density at radius 2 is 1.17 bits per heavy atom. The van der Waals surface area contributed by atoms with Crippen LogP contribution in [0.2, 0.25) is 0 Å². The molecule has 35 heavy (non-hydrogen) atoms. The van der Waals surface area contributed by atoms with Crippen LogP contribution in [0.4, 0.5) is 0 Å². The molecule has 5 heteroatoms. The van der Waals surface area contributed by atoms with E-state index in [9.17, 15) is 9.59 Å². The molecule has 0 spiro atoms. The van der Waals surface area contributed by atoms with E-state index in [1.165, 1.54) is 89.5 Å². The molecule has 0 saturated heterocycles. The third-order valence-electron chi connectivity index (χ3n) is 5.80. The zero-order valence-electron chi connectivity index (χ0n) is 21.8. The lowest BCUT2D eigenvalue weighted by atomic mass is 10.0. The van der Waals surface area contributed by atoms with Gasteiger partial charge in [0.2, 0.25) is 0 Å². The minimum atomic E-state index is -0.539. The van der Waals surface area contributed by atoms with E-state index in [-0.39, 0.29) is 13.2 Å². The van der Waals surface area contributed by atoms with Crippen molar-refractivity contribution in [1.82, 2.24) is 0 Å². The molecule has 0 bridgehead atoms. The van der Waals surface area contributed by atoms with Crippen LogP contribution < -0.4 is 4.74 Å². The van der Waals surface area contributed by atoms with Crippen LogP contribution in [0, 0.1) is 0 Å². The fourth-order valence-corrected chi connectivity index (χ4v) is 3.72. The highest BCUT2D eigenvalue weighted by Crippen LogP contribution is 2.15. The van der Waals surface area contributed by atoms with Gasteiger partial charge < -0.3 is 14.2 Å². The summed E-state index contributed by atoms with van der Waals surface area (Å²) in [5.41, 5.74) is 0.879. The molecule has 0 N–H and O–H groups in total. The van der Waals surface area contributed by atoms with Crippen molar-refractivity contribution in [3.8, 4) is 5.75 Å². The van der Waals surface area contributed by atoms with Gasteiger partial charge in [0, 0.05) is 12.2 Å². The lowest BCUT2D eigenvalue weighted by molar-refractivity contribution is -0.145. The number of carbonyl (C=O) groups excluding carboxylic acids is 2. The SMILES string of the molecule is C=CC(=O)OCCOC(=O)/C=C/c1ccc(OCCCCCCCCCCCCCCCC)cc1. The Labute approximate surface area is 212 Å². The topological polar surface area (TPSA) is 61.8 Å². The molecule has 0 amide bonds. The van der Waals surface area contributed by atoms with E-state index in [0.717, 1.165) is 30.4 Å². The first kappa shape index (κ1) is 30.5. The first-order valence-corrected chi connectivity index (χ1v) is 13.5. The van der Waals surface area contributed by atoms with Gasteiger partial charge in [0.05, 0.1) is 6.61 Å². The second-order valence-corrected chi connectivity index (χ2v) is 8.89. The molecule has 0 atom stereocenters. The highest BCUT2D eigenvalue weighted by atomic mass is 16.6. The number of esters is 2. The molecule has 0 radical (unpaired) electrons. The first-order chi connectivity index (χ1) is 17.2. The van der Waals surface area contributed by atoms with Gasteiger partial charge in [-0.2, -0.15) is 0 Å². The Balaban J connectivity index is 1.99. The van der Waals surface area contributed by atoms with Crippen molar-refractivity contribution in [2.45, 2.75) is 96.8 Å². The fraction of sp³-hybridized carbons (Fsp3) is 0.600. The van der Waals surface area contributed by atoms with E-state index in [1.54, 1.807) is 6.08 Å². The summed E-state index contributed by atoms with van der Waals surface area (Å²) in [4.78, 5) is 22.6. The number of benzene rings is 1. The third-order valence-corrected chi connectivity index (χ3v) is 5.80. The van der Waals surface area contributed by atoms with Gasteiger partial charge in [0.25, 0.3) is 0 Å². The Hall–Kier alpha value is -2.56. The average molecular weight is 487 g/mol. The van der Waals surface area contributed by atoms with Crippen LogP contribution in [0.15, 0.2) is 43.0 Å². The second kappa shape index (κ2) is 21.9. The molecule has 0 aliphatic rings. The van der Waals surface area contributed by atoms with Gasteiger partial charge in [-0.1, -0.05) is 109 Å². The normalized spacial score (nSPS) is 10.9. The molecule has 0 aliphatic heterocycles. The Morgan fingerprint density at radius 3 is 1.69 bits per heavy atom. The predicted molar refractivity (Wildman–Crippen MR) is 143 cm³/mol. The first-order valence-electron chi connectivity index (χ1n) is 13.5. The van der Waals surface area contributed by atoms with Crippen LogP contribution in [-0.2, 0) is 19.1 Å². The van der Waals surface area contributed by atoms with Crippen molar-refractivity contribution < 1.29 is 23.8 Å². The van der Waals surface area contributed by atoms with Crippen LogP contribution in [0.3, 0.4) is 0 Å². The molecule has 0 saturated carbocycles. The molecule has 0 unspecified atom stereocenters. The van der Waals surface area contributed by atoms with E-state index in [0.29, 0.717) is 0 Å². The van der Waals surface area contributed by atoms with E-state index in [1.807, 2.05) is 24.3 Å². The number of rotatable bonds is 22. The highest BCUT2D eigenvalue weighted by molar-refractivity contribution is 5.87. The number of carbonyl (C=O) groups is 2. The largest absolute Gasteiger partial charge is 0.494 e. The third kappa shape index (κ3) is 18.4. The van der Waals surface area contributed by atoms with E-state index in [2.05, 4.69) is 13.5 Å². The molecule has 1 rings (SSSR count). The van der Waals surface area contributed by atoms with Gasteiger partial charge in [0.15, 0.2) is 0 Å². The van der Waals surface area contributed by atoms with Crippen molar-refractivity contribution in [1.29, 1.82) is 0 Å². The fourth-order valence-electron chi connectivity index (χ4n) is 3.72. The van der Waals surface area contributed by atoms with Crippen LogP contribution in [-0.4, -0.2) is 31.8 Å². The summed E-state index contributed by atoms with van der Waals surface area (Å²) in [6.07, 6.45) is 23.0. The van der Waals surface area contributed by atoms with Crippen LogP contribution >= 0.6 is 0 Å². The molecule has 0 fully saturated rings. The molecular weight excluding hydrogens is 440 g/mol. The van der Waals surface area contributed by atoms with Gasteiger partial charge >= 0.3 is 11.9 Å². The number of ether oxygens (including phenoxy) is 3. The number of unbranched alkanes of at least 4 members (excludes halogenated alkanes) is 13. The molecular formula is C30H46O5. The Morgan fingerprint density at radius 1 is 0.686 bits per heavy atom. The van der Waals surface area contributed by atoms with Crippen LogP contribution in [0.5, 0.6) is 5.75 Å². The van der Waals surface area contributed by atoms with E-state index in [4.69, 9.17) is 14.2 Å². The lowest BCUT2D eigenvalue weighted by Gasteiger charge is -2.07. The summed E-state index contributed by atoms with van der Waals surface area (Å²) in [6, 6.07) is 7.61. The second-order valence-electron chi connectivity index (χ2n) is 8.89. The highest BCUT2D eigenvalue weighted by Gasteiger charge is 2.00. The van der Waals surface area contributed by atoms with Gasteiger partial charge in [-0.05, 0) is 30.2 Å². The molecule has 0 aliphatic carbocycles. The number of hydrogen-bond donors (Lipinski definition) is 0.